The van der Waals surface area contributed by atoms with E-state index in [9.17, 15) is 9.59 Å². The highest BCUT2D eigenvalue weighted by atomic mass is 32.2. The van der Waals surface area contributed by atoms with E-state index in [1.807, 2.05) is 31.2 Å². The van der Waals surface area contributed by atoms with Gasteiger partial charge in [-0.25, -0.2) is 0 Å². The number of amides is 2. The Bertz CT molecular complexity index is 979. The Kier molecular flexibility index (Phi) is 12.0. The molecule has 0 aliphatic carbocycles. The minimum Gasteiger partial charge on any atom is -0.353 e. The molecule has 0 bridgehead atoms. The summed E-state index contributed by atoms with van der Waals surface area (Å²) < 4.78 is 0. The molecule has 0 aromatic heterocycles. The van der Waals surface area contributed by atoms with Crippen LogP contribution in [0.1, 0.15) is 42.0 Å². The number of nitriles is 2. The van der Waals surface area contributed by atoms with Gasteiger partial charge in [-0.05, 0) is 41.8 Å². The van der Waals surface area contributed by atoms with Crippen molar-refractivity contribution in [3.05, 3.63) is 70.8 Å². The number of hydrogen-bond donors (Lipinski definition) is 2. The van der Waals surface area contributed by atoms with Gasteiger partial charge >= 0.3 is 0 Å². The van der Waals surface area contributed by atoms with Gasteiger partial charge in [0.25, 0.3) is 0 Å². The van der Waals surface area contributed by atoms with E-state index < -0.39 is 0 Å². The predicted molar refractivity (Wildman–Crippen MR) is 134 cm³/mol. The molecule has 2 rings (SSSR count). The molecule has 0 saturated carbocycles. The van der Waals surface area contributed by atoms with Crippen LogP contribution in [0.15, 0.2) is 48.5 Å². The maximum atomic E-state index is 12.3. The van der Waals surface area contributed by atoms with Gasteiger partial charge in [0.05, 0.1) is 34.8 Å². The van der Waals surface area contributed by atoms with Crippen molar-refractivity contribution < 1.29 is 9.59 Å². The first-order chi connectivity index (χ1) is 16.0. The van der Waals surface area contributed by atoms with Crippen LogP contribution in [0.5, 0.6) is 0 Å². The number of hydrogen-bond acceptors (Lipinski definition) is 6. The van der Waals surface area contributed by atoms with Crippen LogP contribution in [-0.4, -0.2) is 35.9 Å². The summed E-state index contributed by atoms with van der Waals surface area (Å²) in [6, 6.07) is 18.8. The van der Waals surface area contributed by atoms with Crippen LogP contribution < -0.4 is 10.6 Å². The van der Waals surface area contributed by atoms with Crippen LogP contribution in [0.4, 0.5) is 0 Å². The lowest BCUT2D eigenvalue weighted by molar-refractivity contribution is -0.121. The first kappa shape index (κ1) is 26.3. The topological polar surface area (TPSA) is 106 Å². The largest absolute Gasteiger partial charge is 0.353 e. The second-order valence-corrected chi connectivity index (χ2v) is 9.43. The number of carbonyl (C=O) groups is 2. The van der Waals surface area contributed by atoms with Crippen molar-refractivity contribution in [1.29, 1.82) is 10.5 Å². The quantitative estimate of drug-likeness (QED) is 0.449. The second-order valence-electron chi connectivity index (χ2n) is 7.46. The van der Waals surface area contributed by atoms with E-state index >= 15 is 0 Å². The number of nitrogens with one attached hydrogen (secondary N) is 2. The fourth-order valence-electron chi connectivity index (χ4n) is 3.01. The average molecular weight is 481 g/mol. The Balaban J connectivity index is 1.66. The molecule has 0 heterocycles. The van der Waals surface area contributed by atoms with Crippen LogP contribution in [0, 0.1) is 22.7 Å². The lowest BCUT2D eigenvalue weighted by Crippen LogP contribution is -2.44. The maximum absolute atomic E-state index is 12.3. The Labute approximate surface area is 204 Å². The van der Waals surface area contributed by atoms with Gasteiger partial charge in [0.15, 0.2) is 0 Å². The van der Waals surface area contributed by atoms with Crippen LogP contribution in [-0.2, 0) is 21.1 Å². The smallest absolute Gasteiger partial charge is 0.230 e. The van der Waals surface area contributed by atoms with E-state index in [4.69, 9.17) is 10.5 Å². The molecule has 0 spiro atoms. The molecular weight excluding hydrogens is 452 g/mol. The van der Waals surface area contributed by atoms with E-state index in [2.05, 4.69) is 22.8 Å². The molecule has 0 aliphatic heterocycles. The number of rotatable bonds is 13. The summed E-state index contributed by atoms with van der Waals surface area (Å²) in [5, 5.41) is 23.6. The fraction of sp³-hybridized carbons (Fsp3) is 0.360. The van der Waals surface area contributed by atoms with Crippen molar-refractivity contribution >= 4 is 35.3 Å². The molecule has 0 fully saturated rings. The Hall–Kier alpha value is -2.94. The van der Waals surface area contributed by atoms with Crippen LogP contribution in [0.3, 0.4) is 0 Å². The van der Waals surface area contributed by atoms with Gasteiger partial charge in [-0.2, -0.15) is 10.5 Å². The van der Waals surface area contributed by atoms with Gasteiger partial charge in [-0.1, -0.05) is 37.6 Å². The van der Waals surface area contributed by atoms with Crippen molar-refractivity contribution in [3.8, 4) is 12.1 Å². The molecule has 2 N–H and O–H groups in total. The lowest BCUT2D eigenvalue weighted by Gasteiger charge is -2.19. The molecule has 33 heavy (non-hydrogen) atoms. The molecule has 0 aliphatic rings. The summed E-state index contributed by atoms with van der Waals surface area (Å²) in [6.45, 7) is 2.46. The Morgan fingerprint density at radius 2 is 1.33 bits per heavy atom. The van der Waals surface area contributed by atoms with Crippen molar-refractivity contribution in [1.82, 2.24) is 10.6 Å². The third-order valence-corrected chi connectivity index (χ3v) is 6.73. The van der Waals surface area contributed by atoms with E-state index in [1.165, 1.54) is 23.5 Å². The number of nitrogens with zero attached hydrogens (tertiary/aromatic N) is 2. The molecule has 0 saturated heterocycles. The summed E-state index contributed by atoms with van der Waals surface area (Å²) in [5.41, 5.74) is 3.39. The molecular formula is C25H28N4O2S2. The molecule has 1 atom stereocenters. The summed E-state index contributed by atoms with van der Waals surface area (Å²) in [6.07, 6.45) is 1.71. The van der Waals surface area contributed by atoms with Gasteiger partial charge in [-0.15, -0.1) is 23.5 Å². The highest BCUT2D eigenvalue weighted by Gasteiger charge is 2.13. The second kappa shape index (κ2) is 15.0. The van der Waals surface area contributed by atoms with Crippen molar-refractivity contribution in [3.63, 3.8) is 0 Å². The third-order valence-electron chi connectivity index (χ3n) is 4.72. The molecule has 172 valence electrons. The van der Waals surface area contributed by atoms with E-state index in [-0.39, 0.29) is 17.9 Å². The van der Waals surface area contributed by atoms with E-state index in [1.54, 1.807) is 24.3 Å². The number of carbonyl (C=O) groups excluding carboxylic acids is 2. The van der Waals surface area contributed by atoms with Gasteiger partial charge in [-0.3, -0.25) is 9.59 Å². The molecule has 6 nitrogen and oxygen atoms in total. The summed E-state index contributed by atoms with van der Waals surface area (Å²) in [7, 11) is 0. The lowest BCUT2D eigenvalue weighted by atomic mass is 10.1. The minimum atomic E-state index is -0.0921. The van der Waals surface area contributed by atoms with Crippen LogP contribution >= 0.6 is 23.5 Å². The standard InChI is InChI=1S/C25H28N4O2S2/c1-2-3-23(29-25(31)18-33-16-22-10-6-20(13-27)7-11-22)14-28-24(30)17-32-15-21-8-4-19(12-26)5-9-21/h4-11,23H,2-3,14-18H2,1H3,(H,28,30)(H,29,31). The molecule has 2 amide bonds. The first-order valence-electron chi connectivity index (χ1n) is 10.7. The normalized spacial score (nSPS) is 11.1. The van der Waals surface area contributed by atoms with Crippen molar-refractivity contribution in [2.45, 2.75) is 37.3 Å². The van der Waals surface area contributed by atoms with Gasteiger partial charge < -0.3 is 10.6 Å². The van der Waals surface area contributed by atoms with Crippen molar-refractivity contribution in [2.24, 2.45) is 0 Å². The maximum Gasteiger partial charge on any atom is 0.230 e. The zero-order valence-corrected chi connectivity index (χ0v) is 20.3. The SMILES string of the molecule is CCCC(CNC(=O)CSCc1ccc(C#N)cc1)NC(=O)CSCc1ccc(C#N)cc1. The molecule has 2 aromatic carbocycles. The molecule has 1 unspecified atom stereocenters. The van der Waals surface area contributed by atoms with Crippen molar-refractivity contribution in [2.75, 3.05) is 18.1 Å². The Morgan fingerprint density at radius 3 is 1.79 bits per heavy atom. The monoisotopic (exact) mass is 480 g/mol. The minimum absolute atomic E-state index is 0.0449. The van der Waals surface area contributed by atoms with Crippen LogP contribution in [0.2, 0.25) is 0 Å². The molecule has 0 radical (unpaired) electrons. The molecule has 8 heteroatoms. The predicted octanol–water partition coefficient (Wildman–Crippen LogP) is 4.00. The highest BCUT2D eigenvalue weighted by molar-refractivity contribution is 7.99. The zero-order valence-electron chi connectivity index (χ0n) is 18.7. The highest BCUT2D eigenvalue weighted by Crippen LogP contribution is 2.14. The van der Waals surface area contributed by atoms with Gasteiger partial charge in [0, 0.05) is 24.1 Å². The Morgan fingerprint density at radius 1 is 0.848 bits per heavy atom. The zero-order chi connectivity index (χ0) is 23.9. The van der Waals surface area contributed by atoms with E-state index in [0.717, 1.165) is 24.0 Å². The first-order valence-corrected chi connectivity index (χ1v) is 13.0. The van der Waals surface area contributed by atoms with E-state index in [0.29, 0.717) is 40.7 Å². The van der Waals surface area contributed by atoms with Gasteiger partial charge in [0.2, 0.25) is 11.8 Å². The number of thioether (sulfide) groups is 2. The fourth-order valence-corrected chi connectivity index (χ4v) is 4.62. The van der Waals surface area contributed by atoms with Crippen LogP contribution in [0.25, 0.3) is 0 Å². The summed E-state index contributed by atoms with van der Waals surface area (Å²) in [5.74, 6) is 1.98. The number of benzene rings is 2. The summed E-state index contributed by atoms with van der Waals surface area (Å²) in [4.78, 5) is 24.5. The third kappa shape index (κ3) is 10.5. The summed E-state index contributed by atoms with van der Waals surface area (Å²) >= 11 is 3.03. The average Bonchev–Trinajstić information content (AvgIpc) is 2.83. The molecule has 2 aromatic rings. The van der Waals surface area contributed by atoms with Gasteiger partial charge in [0.1, 0.15) is 0 Å².